The Hall–Kier alpha value is -3.21. The molecule has 138 valence electrons. The van der Waals surface area contributed by atoms with Crippen molar-refractivity contribution in [3.05, 3.63) is 89.7 Å². The molecule has 0 radical (unpaired) electrons. The molecular weight excluding hydrogens is 336 g/mol. The minimum absolute atomic E-state index is 0.113. The van der Waals surface area contributed by atoms with Crippen LogP contribution in [0.3, 0.4) is 0 Å². The Labute approximate surface area is 160 Å². The number of hydrogen-bond donors (Lipinski definition) is 0. The molecule has 0 bridgehead atoms. The van der Waals surface area contributed by atoms with E-state index in [1.165, 1.54) is 5.56 Å². The maximum absolute atomic E-state index is 12.8. The number of amides is 1. The third-order valence-electron chi connectivity index (χ3n) is 4.35. The highest BCUT2D eigenvalue weighted by Gasteiger charge is 2.16. The number of carbonyl (C=O) groups excluding carboxylic acids is 1. The number of nitrogens with zero attached hydrogens (tertiary/aromatic N) is 4. The molecule has 0 N–H and O–H groups in total. The van der Waals surface area contributed by atoms with Crippen LogP contribution in [-0.2, 0) is 13.1 Å². The minimum atomic E-state index is -0.113. The number of hydrogen-bond acceptors (Lipinski definition) is 4. The van der Waals surface area contributed by atoms with E-state index in [4.69, 9.17) is 0 Å². The number of benzene rings is 2. The maximum atomic E-state index is 12.8. The largest absolute Gasteiger partial charge is 0.337 e. The van der Waals surface area contributed by atoms with Gasteiger partial charge in [0.2, 0.25) is 5.95 Å². The molecule has 27 heavy (non-hydrogen) atoms. The molecule has 0 unspecified atom stereocenters. The van der Waals surface area contributed by atoms with Crippen LogP contribution in [0.25, 0.3) is 0 Å². The van der Waals surface area contributed by atoms with Gasteiger partial charge in [-0.1, -0.05) is 60.7 Å². The lowest BCUT2D eigenvalue weighted by Gasteiger charge is -2.22. The van der Waals surface area contributed by atoms with E-state index < -0.39 is 0 Å². The summed E-state index contributed by atoms with van der Waals surface area (Å²) in [6.45, 7) is 4.06. The van der Waals surface area contributed by atoms with E-state index in [1.54, 1.807) is 24.2 Å². The molecule has 0 fully saturated rings. The summed E-state index contributed by atoms with van der Waals surface area (Å²) in [6, 6.07) is 21.8. The van der Waals surface area contributed by atoms with Crippen molar-refractivity contribution in [3.8, 4) is 0 Å². The predicted molar refractivity (Wildman–Crippen MR) is 107 cm³/mol. The molecule has 3 rings (SSSR count). The summed E-state index contributed by atoms with van der Waals surface area (Å²) < 4.78 is 0. The fourth-order valence-electron chi connectivity index (χ4n) is 2.87. The first kappa shape index (κ1) is 18.6. The van der Waals surface area contributed by atoms with Crippen LogP contribution in [-0.4, -0.2) is 34.4 Å². The summed E-state index contributed by atoms with van der Waals surface area (Å²) in [5, 5.41) is 0. The van der Waals surface area contributed by atoms with Gasteiger partial charge in [-0.3, -0.25) is 4.79 Å². The van der Waals surface area contributed by atoms with E-state index in [1.807, 2.05) is 48.5 Å². The minimum Gasteiger partial charge on any atom is -0.337 e. The van der Waals surface area contributed by atoms with Crippen LogP contribution in [0.5, 0.6) is 0 Å². The van der Waals surface area contributed by atoms with Crippen molar-refractivity contribution in [1.82, 2.24) is 14.9 Å². The van der Waals surface area contributed by atoms with Gasteiger partial charge in [-0.05, 0) is 24.1 Å². The topological polar surface area (TPSA) is 49.3 Å². The van der Waals surface area contributed by atoms with Crippen molar-refractivity contribution in [1.29, 1.82) is 0 Å². The molecule has 2 aromatic carbocycles. The van der Waals surface area contributed by atoms with Crippen molar-refractivity contribution >= 4 is 11.9 Å². The Balaban J connectivity index is 1.74. The maximum Gasteiger partial charge on any atom is 0.272 e. The Kier molecular flexibility index (Phi) is 6.15. The first-order valence-corrected chi connectivity index (χ1v) is 9.08. The monoisotopic (exact) mass is 360 g/mol. The molecular formula is C22H24N4O. The van der Waals surface area contributed by atoms with E-state index >= 15 is 0 Å². The average Bonchev–Trinajstić information content (AvgIpc) is 2.73. The zero-order valence-electron chi connectivity index (χ0n) is 15.7. The molecule has 1 heterocycles. The summed E-state index contributed by atoms with van der Waals surface area (Å²) in [7, 11) is 1.79. The first-order chi connectivity index (χ1) is 13.2. The van der Waals surface area contributed by atoms with Crippen molar-refractivity contribution in [2.45, 2.75) is 20.0 Å². The smallest absolute Gasteiger partial charge is 0.272 e. The number of rotatable bonds is 7. The van der Waals surface area contributed by atoms with E-state index in [-0.39, 0.29) is 5.91 Å². The van der Waals surface area contributed by atoms with Crippen molar-refractivity contribution < 1.29 is 4.79 Å². The summed E-state index contributed by atoms with van der Waals surface area (Å²) in [5.74, 6) is 0.457. The highest BCUT2D eigenvalue weighted by atomic mass is 16.2. The summed E-state index contributed by atoms with van der Waals surface area (Å²) in [6.07, 6.45) is 1.65. The van der Waals surface area contributed by atoms with Gasteiger partial charge in [0.25, 0.3) is 5.91 Å². The van der Waals surface area contributed by atoms with Gasteiger partial charge in [0.1, 0.15) is 5.69 Å². The standard InChI is InChI=1S/C22H24N4O/c1-3-26(17-19-12-8-5-9-13-19)22-23-15-14-20(24-22)21(27)25(2)16-18-10-6-4-7-11-18/h4-15H,3,16-17H2,1-2H3. The molecule has 5 heteroatoms. The fourth-order valence-corrected chi connectivity index (χ4v) is 2.87. The molecule has 0 spiro atoms. The highest BCUT2D eigenvalue weighted by molar-refractivity contribution is 5.92. The van der Waals surface area contributed by atoms with Crippen LogP contribution < -0.4 is 4.90 Å². The van der Waals surface area contributed by atoms with Crippen LogP contribution in [0.1, 0.15) is 28.5 Å². The Morgan fingerprint density at radius 2 is 1.48 bits per heavy atom. The lowest BCUT2D eigenvalue weighted by Crippen LogP contribution is -2.29. The van der Waals surface area contributed by atoms with E-state index in [2.05, 4.69) is 33.9 Å². The number of carbonyl (C=O) groups is 1. The van der Waals surface area contributed by atoms with Gasteiger partial charge < -0.3 is 9.80 Å². The van der Waals surface area contributed by atoms with E-state index in [0.29, 0.717) is 24.7 Å². The normalized spacial score (nSPS) is 10.4. The Morgan fingerprint density at radius 1 is 0.889 bits per heavy atom. The molecule has 0 saturated heterocycles. The Morgan fingerprint density at radius 3 is 2.07 bits per heavy atom. The zero-order chi connectivity index (χ0) is 19.1. The molecule has 1 amide bonds. The van der Waals surface area contributed by atoms with Gasteiger partial charge in [-0.15, -0.1) is 0 Å². The van der Waals surface area contributed by atoms with Crippen LogP contribution in [0.4, 0.5) is 5.95 Å². The fraction of sp³-hybridized carbons (Fsp3) is 0.227. The van der Waals surface area contributed by atoms with Crippen LogP contribution in [0.2, 0.25) is 0 Å². The second kappa shape index (κ2) is 8.94. The lowest BCUT2D eigenvalue weighted by atomic mass is 10.2. The van der Waals surface area contributed by atoms with Crippen LogP contribution >= 0.6 is 0 Å². The molecule has 1 aromatic heterocycles. The second-order valence-electron chi connectivity index (χ2n) is 6.39. The van der Waals surface area contributed by atoms with E-state index in [9.17, 15) is 4.79 Å². The van der Waals surface area contributed by atoms with Gasteiger partial charge in [-0.2, -0.15) is 0 Å². The van der Waals surface area contributed by atoms with Crippen LogP contribution in [0, 0.1) is 0 Å². The Bertz CT molecular complexity index is 868. The molecule has 0 aliphatic heterocycles. The van der Waals surface area contributed by atoms with Crippen molar-refractivity contribution in [2.24, 2.45) is 0 Å². The molecule has 0 aliphatic carbocycles. The third-order valence-corrected chi connectivity index (χ3v) is 4.35. The predicted octanol–water partition coefficient (Wildman–Crippen LogP) is 3.78. The molecule has 0 atom stereocenters. The van der Waals surface area contributed by atoms with Crippen LogP contribution in [0.15, 0.2) is 72.9 Å². The summed E-state index contributed by atoms with van der Waals surface area (Å²) >= 11 is 0. The van der Waals surface area contributed by atoms with Gasteiger partial charge in [-0.25, -0.2) is 9.97 Å². The summed E-state index contributed by atoms with van der Waals surface area (Å²) in [5.41, 5.74) is 2.67. The number of aromatic nitrogens is 2. The molecule has 0 saturated carbocycles. The van der Waals surface area contributed by atoms with E-state index in [0.717, 1.165) is 12.1 Å². The van der Waals surface area contributed by atoms with Crippen molar-refractivity contribution in [2.75, 3.05) is 18.5 Å². The second-order valence-corrected chi connectivity index (χ2v) is 6.39. The lowest BCUT2D eigenvalue weighted by molar-refractivity contribution is 0.0779. The van der Waals surface area contributed by atoms with Crippen molar-refractivity contribution in [3.63, 3.8) is 0 Å². The first-order valence-electron chi connectivity index (χ1n) is 9.08. The molecule has 5 nitrogen and oxygen atoms in total. The zero-order valence-corrected chi connectivity index (χ0v) is 15.7. The number of anilines is 1. The quantitative estimate of drug-likeness (QED) is 0.643. The SMILES string of the molecule is CCN(Cc1ccccc1)c1nccc(C(=O)N(C)Cc2ccccc2)n1. The summed E-state index contributed by atoms with van der Waals surface area (Å²) in [4.78, 5) is 25.4. The molecule has 3 aromatic rings. The van der Waals surface area contributed by atoms with Gasteiger partial charge in [0.15, 0.2) is 0 Å². The van der Waals surface area contributed by atoms with Gasteiger partial charge in [0, 0.05) is 32.9 Å². The van der Waals surface area contributed by atoms with Gasteiger partial charge >= 0.3 is 0 Å². The molecule has 0 aliphatic rings. The van der Waals surface area contributed by atoms with Gasteiger partial charge in [0.05, 0.1) is 0 Å². The highest BCUT2D eigenvalue weighted by Crippen LogP contribution is 2.14. The third kappa shape index (κ3) is 4.91. The average molecular weight is 360 g/mol.